The molecule has 0 aromatic heterocycles. The van der Waals surface area contributed by atoms with Gasteiger partial charge in [0.15, 0.2) is 0 Å². The van der Waals surface area contributed by atoms with Crippen LogP contribution in [0.15, 0.2) is 0 Å². The molecule has 0 atom stereocenters. The molecule has 0 N–H and O–H groups in total. The first kappa shape index (κ1) is 29.4. The highest BCUT2D eigenvalue weighted by Crippen LogP contribution is 2.57. The van der Waals surface area contributed by atoms with Crippen molar-refractivity contribution in [2.24, 2.45) is 0 Å². The smallest absolute Gasteiger partial charge is 0.0591 e. The molecule has 0 saturated heterocycles. The molecule has 1 heteroatoms. The molecule has 0 aromatic carbocycles. The molecule has 0 fully saturated rings. The summed E-state index contributed by atoms with van der Waals surface area (Å²) in [4.78, 5) is 0. The largest absolute Gasteiger partial charge is 0.0654 e. The van der Waals surface area contributed by atoms with E-state index in [4.69, 9.17) is 0 Å². The minimum Gasteiger partial charge on any atom is -0.0654 e. The van der Waals surface area contributed by atoms with E-state index in [9.17, 15) is 0 Å². The third-order valence-electron chi connectivity index (χ3n) is 6.90. The van der Waals surface area contributed by atoms with Crippen LogP contribution in [0.3, 0.4) is 0 Å². The summed E-state index contributed by atoms with van der Waals surface area (Å²) in [6.07, 6.45) is 35.7. The van der Waals surface area contributed by atoms with Crippen molar-refractivity contribution in [2.45, 2.75) is 156 Å². The Morgan fingerprint density at radius 2 is 0.517 bits per heavy atom. The van der Waals surface area contributed by atoms with Gasteiger partial charge in [0.2, 0.25) is 0 Å². The Balaban J connectivity index is 4.03. The third kappa shape index (κ3) is 21.4. The van der Waals surface area contributed by atoms with Crippen LogP contribution < -0.4 is 0 Å². The van der Waals surface area contributed by atoms with Gasteiger partial charge in [-0.1, -0.05) is 117 Å². The molecular formula is C28H60P+. The zero-order valence-corrected chi connectivity index (χ0v) is 22.3. The first-order valence-electron chi connectivity index (χ1n) is 14.0. The highest BCUT2D eigenvalue weighted by Gasteiger charge is 2.29. The van der Waals surface area contributed by atoms with Crippen molar-refractivity contribution in [1.29, 1.82) is 0 Å². The molecule has 176 valence electrons. The van der Waals surface area contributed by atoms with Crippen LogP contribution in [0.5, 0.6) is 0 Å². The van der Waals surface area contributed by atoms with Crippen molar-refractivity contribution in [1.82, 2.24) is 0 Å². The molecule has 0 aliphatic rings. The Kier molecular flexibility index (Phi) is 23.4. The first-order valence-corrected chi connectivity index (χ1v) is 16.8. The van der Waals surface area contributed by atoms with Crippen molar-refractivity contribution < 1.29 is 0 Å². The molecular weight excluding hydrogens is 367 g/mol. The zero-order valence-electron chi connectivity index (χ0n) is 21.4. The van der Waals surface area contributed by atoms with Crippen LogP contribution in [0.2, 0.25) is 0 Å². The maximum absolute atomic E-state index is 2.75. The summed E-state index contributed by atoms with van der Waals surface area (Å²) in [5.41, 5.74) is 0. The van der Waals surface area contributed by atoms with Gasteiger partial charge < -0.3 is 0 Å². The van der Waals surface area contributed by atoms with Gasteiger partial charge in [0, 0.05) is 13.9 Å². The van der Waals surface area contributed by atoms with E-state index in [1.54, 1.807) is 18.5 Å². The average molecular weight is 428 g/mol. The summed E-state index contributed by atoms with van der Waals surface area (Å²) in [5, 5.41) is 0. The maximum atomic E-state index is 2.75. The van der Waals surface area contributed by atoms with Gasteiger partial charge in [-0.3, -0.25) is 0 Å². The number of unbranched alkanes of at least 4 members (excludes halogenated alkanes) is 18. The molecule has 0 heterocycles. The van der Waals surface area contributed by atoms with E-state index in [1.165, 1.54) is 135 Å². The molecule has 0 bridgehead atoms. The van der Waals surface area contributed by atoms with Gasteiger partial charge in [0.25, 0.3) is 0 Å². The van der Waals surface area contributed by atoms with Crippen molar-refractivity contribution in [3.8, 4) is 0 Å². The Morgan fingerprint density at radius 1 is 0.310 bits per heavy atom. The van der Waals surface area contributed by atoms with Gasteiger partial charge in [0.1, 0.15) is 0 Å². The third-order valence-corrected chi connectivity index (χ3v) is 11.1. The van der Waals surface area contributed by atoms with Crippen molar-refractivity contribution in [3.63, 3.8) is 0 Å². The standard InChI is InChI=1S/C28H60P/c1-5-8-11-14-17-20-23-26-29(4,27-24-21-18-15-12-9-6-2)28-25-22-19-16-13-10-7-3/h5-28H2,1-4H3/q+1. The fourth-order valence-corrected chi connectivity index (χ4v) is 8.32. The summed E-state index contributed by atoms with van der Waals surface area (Å²) in [6, 6.07) is 0. The average Bonchev–Trinajstić information content (AvgIpc) is 2.72. The van der Waals surface area contributed by atoms with E-state index in [-0.39, 0.29) is 0 Å². The number of hydrogen-bond acceptors (Lipinski definition) is 0. The van der Waals surface area contributed by atoms with Crippen LogP contribution in [-0.4, -0.2) is 25.2 Å². The van der Waals surface area contributed by atoms with Gasteiger partial charge in [-0.05, 0) is 38.5 Å². The maximum Gasteiger partial charge on any atom is 0.0591 e. The van der Waals surface area contributed by atoms with E-state index in [1.807, 2.05) is 0 Å². The summed E-state index contributed by atoms with van der Waals surface area (Å²) < 4.78 is 0. The highest BCUT2D eigenvalue weighted by molar-refractivity contribution is 7.75. The van der Waals surface area contributed by atoms with Crippen LogP contribution in [0.4, 0.5) is 0 Å². The molecule has 0 radical (unpaired) electrons. The minimum absolute atomic E-state index is 0.653. The molecule has 0 rings (SSSR count). The fourth-order valence-electron chi connectivity index (χ4n) is 4.69. The quantitative estimate of drug-likeness (QED) is 0.106. The van der Waals surface area contributed by atoms with E-state index in [0.29, 0.717) is 0 Å². The van der Waals surface area contributed by atoms with E-state index >= 15 is 0 Å². The summed E-state index contributed by atoms with van der Waals surface area (Å²) >= 11 is 0. The van der Waals surface area contributed by atoms with Gasteiger partial charge >= 0.3 is 0 Å². The van der Waals surface area contributed by atoms with Crippen molar-refractivity contribution in [2.75, 3.05) is 25.2 Å². The molecule has 0 aliphatic heterocycles. The predicted octanol–water partition coefficient (Wildman–Crippen LogP) is 10.9. The van der Waals surface area contributed by atoms with Gasteiger partial charge in [-0.15, -0.1) is 0 Å². The summed E-state index contributed by atoms with van der Waals surface area (Å²) in [5.74, 6) is 0. The summed E-state index contributed by atoms with van der Waals surface area (Å²) in [7, 11) is -0.653. The second-order valence-electron chi connectivity index (χ2n) is 10.2. The van der Waals surface area contributed by atoms with Crippen molar-refractivity contribution in [3.05, 3.63) is 0 Å². The molecule has 0 amide bonds. The lowest BCUT2D eigenvalue weighted by Gasteiger charge is -2.24. The van der Waals surface area contributed by atoms with Gasteiger partial charge in [0.05, 0.1) is 18.5 Å². The van der Waals surface area contributed by atoms with Gasteiger partial charge in [-0.2, -0.15) is 0 Å². The van der Waals surface area contributed by atoms with Crippen molar-refractivity contribution >= 4 is 7.26 Å². The summed E-state index contributed by atoms with van der Waals surface area (Å²) in [6.45, 7) is 9.72. The first-order chi connectivity index (χ1) is 14.2. The van der Waals surface area contributed by atoms with Crippen LogP contribution in [-0.2, 0) is 0 Å². The second-order valence-corrected chi connectivity index (χ2v) is 14.7. The molecule has 0 spiro atoms. The molecule has 29 heavy (non-hydrogen) atoms. The predicted molar refractivity (Wildman–Crippen MR) is 141 cm³/mol. The highest BCUT2D eigenvalue weighted by atomic mass is 31.2. The minimum atomic E-state index is -0.653. The van der Waals surface area contributed by atoms with Crippen LogP contribution in [0.1, 0.15) is 156 Å². The molecule has 0 saturated carbocycles. The Bertz CT molecular complexity index is 253. The Morgan fingerprint density at radius 3 is 0.759 bits per heavy atom. The lowest BCUT2D eigenvalue weighted by atomic mass is 10.1. The van der Waals surface area contributed by atoms with E-state index in [0.717, 1.165) is 0 Å². The van der Waals surface area contributed by atoms with Crippen LogP contribution in [0, 0.1) is 0 Å². The Labute approximate surface area is 188 Å². The lowest BCUT2D eigenvalue weighted by molar-refractivity contribution is 0.596. The molecule has 0 aromatic rings. The second kappa shape index (κ2) is 23.1. The number of hydrogen-bond donors (Lipinski definition) is 0. The van der Waals surface area contributed by atoms with Crippen LogP contribution >= 0.6 is 7.26 Å². The van der Waals surface area contributed by atoms with Gasteiger partial charge in [-0.25, -0.2) is 0 Å². The van der Waals surface area contributed by atoms with Crippen LogP contribution in [0.25, 0.3) is 0 Å². The molecule has 0 nitrogen and oxygen atoms in total. The topological polar surface area (TPSA) is 0 Å². The molecule has 0 unspecified atom stereocenters. The Hall–Kier alpha value is 0.430. The molecule has 0 aliphatic carbocycles. The SMILES string of the molecule is CCCCCCCCC[P+](C)(CCCCCCCCC)CCCCCCCCC. The number of rotatable bonds is 24. The lowest BCUT2D eigenvalue weighted by Crippen LogP contribution is -2.08. The fraction of sp³-hybridized carbons (Fsp3) is 1.00. The zero-order chi connectivity index (χ0) is 21.5. The van der Waals surface area contributed by atoms with E-state index < -0.39 is 7.26 Å². The normalized spacial score (nSPS) is 12.0. The van der Waals surface area contributed by atoms with E-state index in [2.05, 4.69) is 27.4 Å². The monoisotopic (exact) mass is 427 g/mol.